The lowest BCUT2D eigenvalue weighted by Crippen LogP contribution is -2.35. The third-order valence-corrected chi connectivity index (χ3v) is 4.29. The van der Waals surface area contributed by atoms with Gasteiger partial charge in [0.2, 0.25) is 11.8 Å². The van der Waals surface area contributed by atoms with E-state index in [-0.39, 0.29) is 23.0 Å². The quantitative estimate of drug-likeness (QED) is 0.776. The molecule has 3 N–H and O–H groups in total. The van der Waals surface area contributed by atoms with Crippen molar-refractivity contribution in [1.82, 2.24) is 9.88 Å². The Kier molecular flexibility index (Phi) is 4.89. The van der Waals surface area contributed by atoms with Gasteiger partial charge < -0.3 is 20.7 Å². The third-order valence-electron chi connectivity index (χ3n) is 4.29. The zero-order valence-electron chi connectivity index (χ0n) is 14.6. The Morgan fingerprint density at radius 3 is 2.78 bits per heavy atom. The van der Waals surface area contributed by atoms with Crippen molar-refractivity contribution in [2.45, 2.75) is 12.6 Å². The number of rotatable bonds is 5. The molecule has 1 aliphatic rings. The molecule has 3 rings (SSSR count). The van der Waals surface area contributed by atoms with Crippen LogP contribution in [0.15, 0.2) is 49.2 Å². The van der Waals surface area contributed by atoms with E-state index in [0.29, 0.717) is 6.54 Å². The Labute approximate surface area is 155 Å². The second-order valence-electron chi connectivity index (χ2n) is 5.91. The van der Waals surface area contributed by atoms with Gasteiger partial charge in [-0.2, -0.15) is 0 Å². The molecular weight excluding hydrogens is 348 g/mol. The summed E-state index contributed by atoms with van der Waals surface area (Å²) in [5.74, 6) is -1.45. The van der Waals surface area contributed by atoms with Gasteiger partial charge in [0.25, 0.3) is 11.8 Å². The summed E-state index contributed by atoms with van der Waals surface area (Å²) in [5, 5.41) is 2.69. The van der Waals surface area contributed by atoms with Gasteiger partial charge in [-0.15, -0.1) is 0 Å². The summed E-state index contributed by atoms with van der Waals surface area (Å²) in [6, 6.07) is 7.89. The summed E-state index contributed by atoms with van der Waals surface area (Å²) >= 11 is 0. The summed E-state index contributed by atoms with van der Waals surface area (Å²) < 4.78 is 4.99. The molecule has 0 bridgehead atoms. The van der Waals surface area contributed by atoms with Gasteiger partial charge in [-0.25, -0.2) is 4.98 Å². The molecule has 1 atom stereocenters. The molecule has 0 spiro atoms. The fourth-order valence-electron chi connectivity index (χ4n) is 3.06. The zero-order valence-corrected chi connectivity index (χ0v) is 14.6. The Bertz CT molecular complexity index is 941. The van der Waals surface area contributed by atoms with Gasteiger partial charge in [0.15, 0.2) is 0 Å². The van der Waals surface area contributed by atoms with Crippen LogP contribution in [0.2, 0.25) is 0 Å². The number of anilines is 1. The number of aromatic nitrogens is 1. The summed E-state index contributed by atoms with van der Waals surface area (Å²) in [7, 11) is 1.36. The molecule has 3 amide bonds. The molecule has 0 aliphatic carbocycles. The zero-order chi connectivity index (χ0) is 19.6. The van der Waals surface area contributed by atoms with Gasteiger partial charge >= 0.3 is 0 Å². The van der Waals surface area contributed by atoms with Crippen molar-refractivity contribution in [3.8, 4) is 5.88 Å². The molecule has 1 aromatic heterocycles. The molecule has 0 fully saturated rings. The maximum atomic E-state index is 12.9. The molecule has 8 nitrogen and oxygen atoms in total. The number of pyridine rings is 1. The molecule has 27 heavy (non-hydrogen) atoms. The maximum Gasteiger partial charge on any atom is 0.254 e. The second kappa shape index (κ2) is 7.28. The molecule has 1 unspecified atom stereocenters. The van der Waals surface area contributed by atoms with Gasteiger partial charge in [0, 0.05) is 6.54 Å². The first kappa shape index (κ1) is 18.1. The number of benzene rings is 1. The summed E-state index contributed by atoms with van der Waals surface area (Å²) in [4.78, 5) is 42.1. The third kappa shape index (κ3) is 3.37. The summed E-state index contributed by atoms with van der Waals surface area (Å²) in [6.45, 7) is 3.81. The van der Waals surface area contributed by atoms with E-state index in [1.165, 1.54) is 30.3 Å². The first-order valence-corrected chi connectivity index (χ1v) is 8.11. The average molecular weight is 366 g/mol. The minimum absolute atomic E-state index is 0.0427. The first-order chi connectivity index (χ1) is 13.0. The molecule has 0 saturated carbocycles. The molecule has 8 heteroatoms. The highest BCUT2D eigenvalue weighted by Crippen LogP contribution is 2.34. The monoisotopic (exact) mass is 366 g/mol. The van der Waals surface area contributed by atoms with Crippen LogP contribution in [0.3, 0.4) is 0 Å². The molecular formula is C19H18N4O4. The number of carbonyl (C=O) groups is 3. The van der Waals surface area contributed by atoms with Crippen molar-refractivity contribution in [2.75, 3.05) is 12.4 Å². The van der Waals surface area contributed by atoms with Crippen LogP contribution in [-0.2, 0) is 16.1 Å². The number of nitrogens with two attached hydrogens (primary N) is 1. The highest BCUT2D eigenvalue weighted by atomic mass is 16.5. The molecule has 138 valence electrons. The van der Waals surface area contributed by atoms with E-state index >= 15 is 0 Å². The lowest BCUT2D eigenvalue weighted by Gasteiger charge is -2.23. The number of hydrogen-bond donors (Lipinski definition) is 2. The number of fused-ring (bicyclic) bond motifs is 1. The lowest BCUT2D eigenvalue weighted by atomic mass is 10.0. The van der Waals surface area contributed by atoms with Crippen LogP contribution in [0.5, 0.6) is 5.88 Å². The highest BCUT2D eigenvalue weighted by molar-refractivity contribution is 6.02. The Balaban J connectivity index is 1.92. The number of methoxy groups -OCH3 is 1. The predicted molar refractivity (Wildman–Crippen MR) is 97.9 cm³/mol. The number of ether oxygens (including phenoxy) is 1. The number of nitrogens with one attached hydrogen (secondary N) is 1. The van der Waals surface area contributed by atoms with Gasteiger partial charge in [-0.3, -0.25) is 14.4 Å². The smallest absolute Gasteiger partial charge is 0.254 e. The van der Waals surface area contributed by atoms with Crippen LogP contribution < -0.4 is 15.8 Å². The van der Waals surface area contributed by atoms with Crippen molar-refractivity contribution in [3.05, 3.63) is 65.9 Å². The van der Waals surface area contributed by atoms with Crippen molar-refractivity contribution in [1.29, 1.82) is 0 Å². The molecule has 0 saturated heterocycles. The van der Waals surface area contributed by atoms with E-state index < -0.39 is 17.9 Å². The maximum absolute atomic E-state index is 12.9. The van der Waals surface area contributed by atoms with Gasteiger partial charge in [-0.05, 0) is 23.3 Å². The normalized spacial score (nSPS) is 15.0. The highest BCUT2D eigenvalue weighted by Gasteiger charge is 2.37. The molecule has 1 aromatic carbocycles. The van der Waals surface area contributed by atoms with E-state index in [4.69, 9.17) is 10.5 Å². The van der Waals surface area contributed by atoms with Gasteiger partial charge in [0.05, 0.1) is 19.0 Å². The van der Waals surface area contributed by atoms with Crippen LogP contribution in [0.25, 0.3) is 0 Å². The molecule has 2 aromatic rings. The Hall–Kier alpha value is -3.68. The number of carbonyl (C=O) groups excluding carboxylic acids is 3. The van der Waals surface area contributed by atoms with Crippen LogP contribution in [-0.4, -0.2) is 34.7 Å². The van der Waals surface area contributed by atoms with Crippen LogP contribution in [0.4, 0.5) is 5.69 Å². The minimum atomic E-state index is -0.814. The average Bonchev–Trinajstić information content (AvgIpc) is 3.06. The fourth-order valence-corrected chi connectivity index (χ4v) is 3.06. The van der Waals surface area contributed by atoms with E-state index in [2.05, 4.69) is 16.9 Å². The molecule has 0 radical (unpaired) electrons. The molecule has 2 heterocycles. The van der Waals surface area contributed by atoms with Crippen LogP contribution in [0.1, 0.15) is 27.5 Å². The first-order valence-electron chi connectivity index (χ1n) is 8.11. The van der Waals surface area contributed by atoms with E-state index in [9.17, 15) is 14.4 Å². The van der Waals surface area contributed by atoms with Crippen LogP contribution >= 0.6 is 0 Å². The molecule has 1 aliphatic heterocycles. The minimum Gasteiger partial charge on any atom is -0.480 e. The number of amides is 3. The van der Waals surface area contributed by atoms with Crippen molar-refractivity contribution in [2.24, 2.45) is 5.73 Å². The summed E-state index contributed by atoms with van der Waals surface area (Å²) in [6.07, 6.45) is 2.52. The fraction of sp³-hybridized carbons (Fsp3) is 0.158. The van der Waals surface area contributed by atoms with Crippen molar-refractivity contribution >= 4 is 23.4 Å². The van der Waals surface area contributed by atoms with E-state index in [1.807, 2.05) is 12.1 Å². The van der Waals surface area contributed by atoms with Gasteiger partial charge in [0.1, 0.15) is 11.6 Å². The topological polar surface area (TPSA) is 115 Å². The Morgan fingerprint density at radius 1 is 1.37 bits per heavy atom. The Morgan fingerprint density at radius 2 is 2.11 bits per heavy atom. The largest absolute Gasteiger partial charge is 0.480 e. The standard InChI is InChI=1S/C19H18N4O4/c1-3-15(24)23-10-11-6-4-5-7-13(11)16(23)18(26)22-12-8-14(17(20)25)19(27-2)21-9-12/h3-9,16H,1,10H2,2H3,(H2,20,25)(H,22,26). The predicted octanol–water partition coefficient (Wildman–Crippen LogP) is 1.40. The number of hydrogen-bond acceptors (Lipinski definition) is 5. The van der Waals surface area contributed by atoms with E-state index in [0.717, 1.165) is 11.1 Å². The van der Waals surface area contributed by atoms with Crippen LogP contribution in [0, 0.1) is 0 Å². The lowest BCUT2D eigenvalue weighted by molar-refractivity contribution is -0.134. The number of primary amides is 1. The number of nitrogens with zero attached hydrogens (tertiary/aromatic N) is 2. The van der Waals surface area contributed by atoms with Gasteiger partial charge in [-0.1, -0.05) is 30.8 Å². The SMILES string of the molecule is C=CC(=O)N1Cc2ccccc2C1C(=O)Nc1cnc(OC)c(C(N)=O)c1. The van der Waals surface area contributed by atoms with E-state index in [1.54, 1.807) is 12.1 Å². The summed E-state index contributed by atoms with van der Waals surface area (Å²) in [5.41, 5.74) is 7.26. The second-order valence-corrected chi connectivity index (χ2v) is 5.91. The van der Waals surface area contributed by atoms with Crippen molar-refractivity contribution in [3.63, 3.8) is 0 Å². The van der Waals surface area contributed by atoms with Crippen molar-refractivity contribution < 1.29 is 19.1 Å².